The molecule has 0 radical (unpaired) electrons. The molecule has 0 atom stereocenters. The van der Waals surface area contributed by atoms with Gasteiger partial charge in [0, 0.05) is 30.3 Å². The largest absolute Gasteiger partial charge is 0.367 e. The quantitative estimate of drug-likeness (QED) is 0.290. The van der Waals surface area contributed by atoms with Gasteiger partial charge in [-0.25, -0.2) is 0 Å². The average molecular weight is 404 g/mol. The second-order valence-corrected chi connectivity index (χ2v) is 8.16. The minimum absolute atomic E-state index is 0.222. The molecule has 4 aromatic carbocycles. The molecule has 2 heteroatoms. The molecule has 1 heterocycles. The maximum absolute atomic E-state index is 11.1. The Bertz CT molecular complexity index is 1130. The molecule has 31 heavy (non-hydrogen) atoms. The van der Waals surface area contributed by atoms with Crippen LogP contribution >= 0.6 is 0 Å². The SMILES string of the molecule is O=Cc1ccc2c(c1)CCN(c1ccc(C(c3ccccc3)c3ccccc3)cc1)C2. The molecule has 0 unspecified atom stereocenters. The summed E-state index contributed by atoms with van der Waals surface area (Å²) >= 11 is 0. The number of nitrogens with zero attached hydrogens (tertiary/aromatic N) is 1. The normalized spacial score (nSPS) is 13.1. The Hall–Kier alpha value is -3.65. The number of hydrogen-bond acceptors (Lipinski definition) is 2. The van der Waals surface area contributed by atoms with Crippen LogP contribution in [0.3, 0.4) is 0 Å². The fourth-order valence-corrected chi connectivity index (χ4v) is 4.61. The van der Waals surface area contributed by atoms with Crippen LogP contribution in [-0.4, -0.2) is 12.8 Å². The molecule has 0 fully saturated rings. The third-order valence-corrected chi connectivity index (χ3v) is 6.24. The number of carbonyl (C=O) groups excluding carboxylic acids is 1. The molecule has 0 aliphatic carbocycles. The number of aldehydes is 1. The van der Waals surface area contributed by atoms with Crippen LogP contribution in [0.25, 0.3) is 0 Å². The summed E-state index contributed by atoms with van der Waals surface area (Å²) < 4.78 is 0. The first-order chi connectivity index (χ1) is 15.3. The van der Waals surface area contributed by atoms with E-state index in [1.54, 1.807) is 0 Å². The van der Waals surface area contributed by atoms with Crippen LogP contribution in [0.15, 0.2) is 103 Å². The lowest BCUT2D eigenvalue weighted by atomic mass is 9.85. The summed E-state index contributed by atoms with van der Waals surface area (Å²) in [5.74, 6) is 0.222. The van der Waals surface area contributed by atoms with E-state index < -0.39 is 0 Å². The Morgan fingerprint density at radius 1 is 0.677 bits per heavy atom. The molecule has 1 aliphatic rings. The first kappa shape index (κ1) is 19.3. The van der Waals surface area contributed by atoms with E-state index >= 15 is 0 Å². The number of hydrogen-bond donors (Lipinski definition) is 0. The van der Waals surface area contributed by atoms with Crippen molar-refractivity contribution in [3.8, 4) is 0 Å². The second kappa shape index (κ2) is 8.61. The Morgan fingerprint density at radius 2 is 1.29 bits per heavy atom. The van der Waals surface area contributed by atoms with Crippen molar-refractivity contribution in [1.82, 2.24) is 0 Å². The summed E-state index contributed by atoms with van der Waals surface area (Å²) in [7, 11) is 0. The number of carbonyl (C=O) groups is 1. The fraction of sp³-hybridized carbons (Fsp3) is 0.138. The van der Waals surface area contributed by atoms with Gasteiger partial charge in [-0.3, -0.25) is 4.79 Å². The third-order valence-electron chi connectivity index (χ3n) is 6.24. The van der Waals surface area contributed by atoms with Crippen molar-refractivity contribution in [2.75, 3.05) is 11.4 Å². The molecule has 0 N–H and O–H groups in total. The molecule has 1 aliphatic heterocycles. The molecule has 0 saturated heterocycles. The summed E-state index contributed by atoms with van der Waals surface area (Å²) in [6, 6.07) is 36.5. The average Bonchev–Trinajstić information content (AvgIpc) is 2.85. The first-order valence-corrected chi connectivity index (χ1v) is 10.8. The standard InChI is InChI=1S/C29H25NO/c31-21-22-11-12-27-20-30(18-17-26(27)19-22)28-15-13-25(14-16-28)29(23-7-3-1-4-8-23)24-9-5-2-6-10-24/h1-16,19,21,29H,17-18,20H2. The van der Waals surface area contributed by atoms with E-state index in [0.717, 1.165) is 31.4 Å². The minimum atomic E-state index is 0.222. The Kier molecular flexibility index (Phi) is 5.37. The number of rotatable bonds is 5. The molecule has 0 aromatic heterocycles. The van der Waals surface area contributed by atoms with Crippen LogP contribution in [0.2, 0.25) is 0 Å². The van der Waals surface area contributed by atoms with Gasteiger partial charge in [0.05, 0.1) is 0 Å². The summed E-state index contributed by atoms with van der Waals surface area (Å²) in [4.78, 5) is 13.5. The molecular weight excluding hydrogens is 378 g/mol. The van der Waals surface area contributed by atoms with E-state index in [2.05, 4.69) is 95.9 Å². The molecular formula is C29H25NO. The minimum Gasteiger partial charge on any atom is -0.367 e. The number of benzene rings is 4. The van der Waals surface area contributed by atoms with Crippen molar-refractivity contribution in [3.05, 3.63) is 137 Å². The van der Waals surface area contributed by atoms with E-state index in [-0.39, 0.29) is 5.92 Å². The van der Waals surface area contributed by atoms with E-state index in [0.29, 0.717) is 0 Å². The molecule has 4 aromatic rings. The predicted molar refractivity (Wildman–Crippen MR) is 127 cm³/mol. The highest BCUT2D eigenvalue weighted by atomic mass is 16.1. The number of fused-ring (bicyclic) bond motifs is 1. The van der Waals surface area contributed by atoms with Gasteiger partial charge < -0.3 is 4.90 Å². The zero-order chi connectivity index (χ0) is 21.0. The van der Waals surface area contributed by atoms with Crippen molar-refractivity contribution >= 4 is 12.0 Å². The van der Waals surface area contributed by atoms with Crippen molar-refractivity contribution in [2.24, 2.45) is 0 Å². The van der Waals surface area contributed by atoms with Crippen LogP contribution in [0.4, 0.5) is 5.69 Å². The third kappa shape index (κ3) is 4.02. The van der Waals surface area contributed by atoms with Gasteiger partial charge in [0.15, 0.2) is 0 Å². The van der Waals surface area contributed by atoms with E-state index in [9.17, 15) is 4.79 Å². The highest BCUT2D eigenvalue weighted by Gasteiger charge is 2.19. The monoisotopic (exact) mass is 403 g/mol. The van der Waals surface area contributed by atoms with Gasteiger partial charge >= 0.3 is 0 Å². The summed E-state index contributed by atoms with van der Waals surface area (Å²) in [6.45, 7) is 1.85. The highest BCUT2D eigenvalue weighted by Crippen LogP contribution is 2.33. The molecule has 0 amide bonds. The van der Waals surface area contributed by atoms with Crippen molar-refractivity contribution in [2.45, 2.75) is 18.9 Å². The molecule has 152 valence electrons. The lowest BCUT2D eigenvalue weighted by Crippen LogP contribution is -2.30. The van der Waals surface area contributed by atoms with Crippen molar-refractivity contribution < 1.29 is 4.79 Å². The topological polar surface area (TPSA) is 20.3 Å². The Morgan fingerprint density at radius 3 is 1.90 bits per heavy atom. The van der Waals surface area contributed by atoms with Crippen LogP contribution in [0.1, 0.15) is 44.1 Å². The highest BCUT2D eigenvalue weighted by molar-refractivity contribution is 5.75. The predicted octanol–water partition coefficient (Wildman–Crippen LogP) is 6.24. The fourth-order valence-electron chi connectivity index (χ4n) is 4.61. The van der Waals surface area contributed by atoms with Gasteiger partial charge in [0.2, 0.25) is 0 Å². The Labute approximate surface area is 183 Å². The van der Waals surface area contributed by atoms with Gasteiger partial charge in [0.1, 0.15) is 6.29 Å². The molecule has 2 nitrogen and oxygen atoms in total. The Balaban J connectivity index is 1.42. The lowest BCUT2D eigenvalue weighted by Gasteiger charge is -2.31. The first-order valence-electron chi connectivity index (χ1n) is 10.8. The van der Waals surface area contributed by atoms with Crippen LogP contribution < -0.4 is 4.90 Å². The molecule has 0 spiro atoms. The zero-order valence-corrected chi connectivity index (χ0v) is 17.4. The second-order valence-electron chi connectivity index (χ2n) is 8.16. The van der Waals surface area contributed by atoms with Gasteiger partial charge in [-0.05, 0) is 52.4 Å². The van der Waals surface area contributed by atoms with E-state index in [4.69, 9.17) is 0 Å². The van der Waals surface area contributed by atoms with Gasteiger partial charge in [-0.1, -0.05) is 84.9 Å². The van der Waals surface area contributed by atoms with Gasteiger partial charge in [-0.15, -0.1) is 0 Å². The zero-order valence-electron chi connectivity index (χ0n) is 17.4. The molecule has 0 saturated carbocycles. The lowest BCUT2D eigenvalue weighted by molar-refractivity contribution is 0.112. The van der Waals surface area contributed by atoms with Crippen LogP contribution in [0, 0.1) is 0 Å². The smallest absolute Gasteiger partial charge is 0.150 e. The van der Waals surface area contributed by atoms with Gasteiger partial charge in [-0.2, -0.15) is 0 Å². The van der Waals surface area contributed by atoms with E-state index in [1.807, 2.05) is 12.1 Å². The van der Waals surface area contributed by atoms with Crippen molar-refractivity contribution in [1.29, 1.82) is 0 Å². The molecule has 5 rings (SSSR count). The maximum atomic E-state index is 11.1. The van der Waals surface area contributed by atoms with Crippen LogP contribution in [0.5, 0.6) is 0 Å². The van der Waals surface area contributed by atoms with Gasteiger partial charge in [0.25, 0.3) is 0 Å². The summed E-state index contributed by atoms with van der Waals surface area (Å²) in [6.07, 6.45) is 1.90. The van der Waals surface area contributed by atoms with E-state index in [1.165, 1.54) is 33.5 Å². The van der Waals surface area contributed by atoms with Crippen LogP contribution in [-0.2, 0) is 13.0 Å². The molecule has 0 bridgehead atoms. The summed E-state index contributed by atoms with van der Waals surface area (Å²) in [5, 5.41) is 0. The number of anilines is 1. The maximum Gasteiger partial charge on any atom is 0.150 e. The summed E-state index contributed by atoms with van der Waals surface area (Å²) in [5.41, 5.74) is 8.53. The van der Waals surface area contributed by atoms with Crippen molar-refractivity contribution in [3.63, 3.8) is 0 Å².